The highest BCUT2D eigenvalue weighted by Gasteiger charge is 1.85. The van der Waals surface area contributed by atoms with Crippen molar-refractivity contribution in [1.29, 1.82) is 0 Å². The number of hydrogen-bond donors (Lipinski definition) is 1. The van der Waals surface area contributed by atoms with Gasteiger partial charge in [-0.25, -0.2) is 0 Å². The van der Waals surface area contributed by atoms with Gasteiger partial charge in [-0.2, -0.15) is 0 Å². The third kappa shape index (κ3) is 7.17. The van der Waals surface area contributed by atoms with E-state index in [0.29, 0.717) is 0 Å². The summed E-state index contributed by atoms with van der Waals surface area (Å²) < 4.78 is 0. The molecule has 0 spiro atoms. The van der Waals surface area contributed by atoms with Crippen LogP contribution in [0.4, 0.5) is 0 Å². The molecule has 0 aliphatic rings. The molecular weight excluding hydrogens is 128 g/mol. The molecule has 0 aliphatic carbocycles. The second-order valence-corrected chi connectivity index (χ2v) is 2.40. The monoisotopic (exact) mass is 142 g/mol. The minimum Gasteiger partial charge on any atom is -0.366 e. The molecular formula is C7H14N2O. The molecule has 2 N–H and O–H groups in total. The van der Waals surface area contributed by atoms with Gasteiger partial charge in [0.15, 0.2) is 0 Å². The zero-order valence-electron chi connectivity index (χ0n) is 6.50. The molecule has 0 unspecified atom stereocenters. The van der Waals surface area contributed by atoms with E-state index in [0.717, 1.165) is 13.0 Å². The number of nitrogens with two attached hydrogens (primary N) is 1. The quantitative estimate of drug-likeness (QED) is 0.561. The van der Waals surface area contributed by atoms with Crippen molar-refractivity contribution >= 4 is 5.91 Å². The lowest BCUT2D eigenvalue weighted by Gasteiger charge is -2.04. The maximum absolute atomic E-state index is 10.2. The van der Waals surface area contributed by atoms with Crippen molar-refractivity contribution < 1.29 is 4.79 Å². The van der Waals surface area contributed by atoms with Crippen molar-refractivity contribution in [1.82, 2.24) is 4.90 Å². The fourth-order valence-electron chi connectivity index (χ4n) is 0.532. The second kappa shape index (κ2) is 4.99. The van der Waals surface area contributed by atoms with E-state index in [-0.39, 0.29) is 5.91 Å². The molecule has 0 aromatic carbocycles. The Hall–Kier alpha value is -0.830. The summed E-state index contributed by atoms with van der Waals surface area (Å²) in [5.74, 6) is -0.376. The number of amides is 1. The van der Waals surface area contributed by atoms with Crippen molar-refractivity contribution in [2.24, 2.45) is 5.73 Å². The van der Waals surface area contributed by atoms with E-state index in [1.165, 1.54) is 6.08 Å². The summed E-state index contributed by atoms with van der Waals surface area (Å²) in [5, 5.41) is 0. The molecule has 0 aliphatic heterocycles. The molecule has 58 valence electrons. The van der Waals surface area contributed by atoms with Crippen molar-refractivity contribution in [3.8, 4) is 0 Å². The first-order chi connectivity index (χ1) is 4.63. The summed E-state index contributed by atoms with van der Waals surface area (Å²) in [6, 6.07) is 0. The van der Waals surface area contributed by atoms with Gasteiger partial charge in [0, 0.05) is 6.54 Å². The summed E-state index contributed by atoms with van der Waals surface area (Å²) in [6.45, 7) is 0.948. The Morgan fingerprint density at radius 1 is 1.60 bits per heavy atom. The summed E-state index contributed by atoms with van der Waals surface area (Å²) >= 11 is 0. The zero-order valence-corrected chi connectivity index (χ0v) is 6.50. The van der Waals surface area contributed by atoms with Gasteiger partial charge in [-0.05, 0) is 26.6 Å². The molecule has 0 bridgehead atoms. The lowest BCUT2D eigenvalue weighted by Crippen LogP contribution is -2.12. The van der Waals surface area contributed by atoms with Crippen molar-refractivity contribution in [3.05, 3.63) is 12.2 Å². The van der Waals surface area contributed by atoms with Crippen molar-refractivity contribution in [2.75, 3.05) is 20.6 Å². The Kier molecular flexibility index (Phi) is 4.58. The van der Waals surface area contributed by atoms with Gasteiger partial charge in [-0.1, -0.05) is 6.08 Å². The van der Waals surface area contributed by atoms with Gasteiger partial charge >= 0.3 is 0 Å². The lowest BCUT2D eigenvalue weighted by atomic mass is 10.3. The smallest absolute Gasteiger partial charge is 0.241 e. The number of hydrogen-bond acceptors (Lipinski definition) is 2. The first-order valence-electron chi connectivity index (χ1n) is 3.23. The van der Waals surface area contributed by atoms with E-state index >= 15 is 0 Å². The lowest BCUT2D eigenvalue weighted by molar-refractivity contribution is -0.113. The molecule has 0 aromatic rings. The third-order valence-electron chi connectivity index (χ3n) is 1.03. The van der Waals surface area contributed by atoms with Gasteiger partial charge < -0.3 is 10.6 Å². The molecule has 0 aromatic heterocycles. The van der Waals surface area contributed by atoms with Crippen LogP contribution in [0.1, 0.15) is 6.42 Å². The molecule has 0 rings (SSSR count). The second-order valence-electron chi connectivity index (χ2n) is 2.40. The van der Waals surface area contributed by atoms with E-state index in [2.05, 4.69) is 0 Å². The molecule has 3 heteroatoms. The Morgan fingerprint density at radius 3 is 2.60 bits per heavy atom. The van der Waals surface area contributed by atoms with Crippen LogP contribution in [-0.4, -0.2) is 31.4 Å². The standard InChI is InChI=1S/C7H14N2O/c1-9(2)6-4-3-5-7(8)10/h3,5H,4,6H2,1-2H3,(H2,8,10)/b5-3+. The minimum atomic E-state index is -0.376. The molecule has 0 atom stereocenters. The molecule has 0 radical (unpaired) electrons. The summed E-state index contributed by atoms with van der Waals surface area (Å²) in [6.07, 6.45) is 4.04. The molecule has 0 saturated carbocycles. The van der Waals surface area contributed by atoms with Gasteiger partial charge in [0.1, 0.15) is 0 Å². The fraction of sp³-hybridized carbons (Fsp3) is 0.571. The predicted octanol–water partition coefficient (Wildman–Crippen LogP) is -0.0204. The first-order valence-corrected chi connectivity index (χ1v) is 3.23. The molecule has 1 amide bonds. The molecule has 0 fully saturated rings. The number of primary amides is 1. The van der Waals surface area contributed by atoms with Gasteiger partial charge in [0.2, 0.25) is 5.91 Å². The van der Waals surface area contributed by atoms with Gasteiger partial charge in [0.05, 0.1) is 0 Å². The van der Waals surface area contributed by atoms with Crippen molar-refractivity contribution in [2.45, 2.75) is 6.42 Å². The SMILES string of the molecule is CN(C)CC/C=C/C(N)=O. The van der Waals surface area contributed by atoms with E-state index in [1.807, 2.05) is 19.0 Å². The minimum absolute atomic E-state index is 0.376. The highest BCUT2D eigenvalue weighted by atomic mass is 16.1. The average molecular weight is 142 g/mol. The molecule has 3 nitrogen and oxygen atoms in total. The van der Waals surface area contributed by atoms with Crippen LogP contribution in [-0.2, 0) is 4.79 Å². The zero-order chi connectivity index (χ0) is 7.98. The number of carbonyl (C=O) groups excluding carboxylic acids is 1. The van der Waals surface area contributed by atoms with Crippen LogP contribution in [0.5, 0.6) is 0 Å². The normalized spacial score (nSPS) is 11.1. The van der Waals surface area contributed by atoms with E-state index in [1.54, 1.807) is 6.08 Å². The topological polar surface area (TPSA) is 46.3 Å². The van der Waals surface area contributed by atoms with Crippen LogP contribution in [0.25, 0.3) is 0 Å². The van der Waals surface area contributed by atoms with Crippen LogP contribution in [0.15, 0.2) is 12.2 Å². The van der Waals surface area contributed by atoms with Gasteiger partial charge in [0.25, 0.3) is 0 Å². The number of carbonyl (C=O) groups is 1. The van der Waals surface area contributed by atoms with E-state index in [9.17, 15) is 4.79 Å². The van der Waals surface area contributed by atoms with Crippen LogP contribution >= 0.6 is 0 Å². The predicted molar refractivity (Wildman–Crippen MR) is 41.5 cm³/mol. The Bertz CT molecular complexity index is 130. The van der Waals surface area contributed by atoms with Gasteiger partial charge in [-0.15, -0.1) is 0 Å². The highest BCUT2D eigenvalue weighted by molar-refractivity contribution is 5.85. The summed E-state index contributed by atoms with van der Waals surface area (Å²) in [5.41, 5.74) is 4.87. The fourth-order valence-corrected chi connectivity index (χ4v) is 0.532. The molecule has 0 heterocycles. The van der Waals surface area contributed by atoms with E-state index in [4.69, 9.17) is 5.73 Å². The average Bonchev–Trinajstić information content (AvgIpc) is 1.79. The first kappa shape index (κ1) is 9.17. The Morgan fingerprint density at radius 2 is 2.20 bits per heavy atom. The van der Waals surface area contributed by atoms with Crippen LogP contribution in [0.3, 0.4) is 0 Å². The van der Waals surface area contributed by atoms with Crippen LogP contribution < -0.4 is 5.73 Å². The van der Waals surface area contributed by atoms with Crippen LogP contribution in [0, 0.1) is 0 Å². The Balaban J connectivity index is 3.27. The molecule has 10 heavy (non-hydrogen) atoms. The van der Waals surface area contributed by atoms with E-state index < -0.39 is 0 Å². The van der Waals surface area contributed by atoms with Crippen LogP contribution in [0.2, 0.25) is 0 Å². The van der Waals surface area contributed by atoms with Gasteiger partial charge in [-0.3, -0.25) is 4.79 Å². The summed E-state index contributed by atoms with van der Waals surface area (Å²) in [4.78, 5) is 12.2. The number of nitrogens with zero attached hydrogens (tertiary/aromatic N) is 1. The molecule has 0 saturated heterocycles. The maximum Gasteiger partial charge on any atom is 0.241 e. The summed E-state index contributed by atoms with van der Waals surface area (Å²) in [7, 11) is 3.97. The maximum atomic E-state index is 10.2. The van der Waals surface area contributed by atoms with Crippen molar-refractivity contribution in [3.63, 3.8) is 0 Å². The Labute approximate surface area is 61.5 Å². The largest absolute Gasteiger partial charge is 0.366 e. The third-order valence-corrected chi connectivity index (χ3v) is 1.03. The highest BCUT2D eigenvalue weighted by Crippen LogP contribution is 1.84. The number of rotatable bonds is 4.